The molecule has 2 heterocycles. The van der Waals surface area contributed by atoms with Crippen molar-refractivity contribution in [2.75, 3.05) is 34.3 Å². The highest BCUT2D eigenvalue weighted by Crippen LogP contribution is 2.40. The highest BCUT2D eigenvalue weighted by molar-refractivity contribution is 6.46. The Bertz CT molecular complexity index is 944. The lowest BCUT2D eigenvalue weighted by Crippen LogP contribution is -2.32. The number of methoxy groups -OCH3 is 1. The number of amides is 1. The van der Waals surface area contributed by atoms with E-state index in [1.807, 2.05) is 19.0 Å². The molecule has 7 nitrogen and oxygen atoms in total. The Morgan fingerprint density at radius 3 is 2.62 bits per heavy atom. The summed E-state index contributed by atoms with van der Waals surface area (Å²) in [6.07, 6.45) is 0.690. The van der Waals surface area contributed by atoms with E-state index in [1.165, 1.54) is 12.0 Å². The summed E-state index contributed by atoms with van der Waals surface area (Å²) < 4.78 is 11.0. The molecule has 0 spiro atoms. The first-order valence-electron chi connectivity index (χ1n) is 9.47. The van der Waals surface area contributed by atoms with Gasteiger partial charge in [-0.25, -0.2) is 0 Å². The molecule has 0 unspecified atom stereocenters. The van der Waals surface area contributed by atoms with Crippen LogP contribution in [-0.4, -0.2) is 60.9 Å². The van der Waals surface area contributed by atoms with Gasteiger partial charge in [-0.15, -0.1) is 0 Å². The first-order chi connectivity index (χ1) is 13.8. The Morgan fingerprint density at radius 1 is 1.24 bits per heavy atom. The standard InChI is InChI=1S/C22H26N2O5/c1-14-9-10-17(29-14)19-18(20(25)15-7-5-8-16(13-15)28-4)21(26)22(27)24(19)12-6-11-23(2)3/h5,7-10,13,19,25H,6,11-12H2,1-4H3/t19-/m0/s1. The summed E-state index contributed by atoms with van der Waals surface area (Å²) in [6.45, 7) is 2.94. The fourth-order valence-corrected chi connectivity index (χ4v) is 3.49. The minimum Gasteiger partial charge on any atom is -0.507 e. The zero-order valence-corrected chi connectivity index (χ0v) is 17.1. The maximum atomic E-state index is 12.9. The SMILES string of the molecule is COc1cccc(C(O)=C2C(=O)C(=O)N(CCCN(C)C)[C@H]2c2ccc(C)o2)c1. The predicted molar refractivity (Wildman–Crippen MR) is 109 cm³/mol. The molecule has 29 heavy (non-hydrogen) atoms. The van der Waals surface area contributed by atoms with E-state index >= 15 is 0 Å². The molecule has 1 aliphatic rings. The lowest BCUT2D eigenvalue weighted by molar-refractivity contribution is -0.140. The van der Waals surface area contributed by atoms with Crippen LogP contribution in [0.5, 0.6) is 5.75 Å². The second-order valence-corrected chi connectivity index (χ2v) is 7.33. The van der Waals surface area contributed by atoms with Crippen LogP contribution < -0.4 is 4.74 Å². The summed E-state index contributed by atoms with van der Waals surface area (Å²) in [4.78, 5) is 29.2. The fraction of sp³-hybridized carbons (Fsp3) is 0.364. The number of carbonyl (C=O) groups is 2. The van der Waals surface area contributed by atoms with E-state index in [4.69, 9.17) is 9.15 Å². The summed E-state index contributed by atoms with van der Waals surface area (Å²) >= 11 is 0. The highest BCUT2D eigenvalue weighted by Gasteiger charge is 2.47. The fourth-order valence-electron chi connectivity index (χ4n) is 3.49. The molecular formula is C22H26N2O5. The van der Waals surface area contributed by atoms with Crippen molar-refractivity contribution in [3.63, 3.8) is 0 Å². The van der Waals surface area contributed by atoms with Crippen LogP contribution >= 0.6 is 0 Å². The number of aliphatic hydroxyl groups is 1. The number of nitrogens with zero attached hydrogens (tertiary/aromatic N) is 2. The van der Waals surface area contributed by atoms with Crippen LogP contribution in [-0.2, 0) is 9.59 Å². The van der Waals surface area contributed by atoms with Gasteiger partial charge in [-0.1, -0.05) is 12.1 Å². The van der Waals surface area contributed by atoms with Gasteiger partial charge in [-0.05, 0) is 58.3 Å². The molecule has 1 aromatic heterocycles. The minimum absolute atomic E-state index is 0.0301. The Morgan fingerprint density at radius 2 is 2.00 bits per heavy atom. The van der Waals surface area contributed by atoms with Crippen LogP contribution in [0.3, 0.4) is 0 Å². The second-order valence-electron chi connectivity index (χ2n) is 7.33. The van der Waals surface area contributed by atoms with Gasteiger partial charge >= 0.3 is 0 Å². The molecule has 0 bridgehead atoms. The van der Waals surface area contributed by atoms with Gasteiger partial charge in [0.1, 0.15) is 29.1 Å². The van der Waals surface area contributed by atoms with Crippen LogP contribution in [0, 0.1) is 6.92 Å². The number of ketones is 1. The van der Waals surface area contributed by atoms with Gasteiger partial charge in [0.15, 0.2) is 0 Å². The number of ether oxygens (including phenoxy) is 1. The van der Waals surface area contributed by atoms with Crippen molar-refractivity contribution in [3.8, 4) is 5.75 Å². The van der Waals surface area contributed by atoms with Gasteiger partial charge < -0.3 is 24.1 Å². The monoisotopic (exact) mass is 398 g/mol. The van der Waals surface area contributed by atoms with Crippen molar-refractivity contribution >= 4 is 17.4 Å². The summed E-state index contributed by atoms with van der Waals surface area (Å²) in [6, 6.07) is 9.50. The Balaban J connectivity index is 2.07. The first kappa shape index (κ1) is 20.7. The Kier molecular flexibility index (Phi) is 6.08. The summed E-state index contributed by atoms with van der Waals surface area (Å²) in [5, 5.41) is 11.0. The van der Waals surface area contributed by atoms with E-state index in [9.17, 15) is 14.7 Å². The van der Waals surface area contributed by atoms with Gasteiger partial charge in [0.25, 0.3) is 11.7 Å². The van der Waals surface area contributed by atoms with E-state index in [0.717, 1.165) is 6.54 Å². The molecule has 1 aromatic carbocycles. The van der Waals surface area contributed by atoms with Crippen molar-refractivity contribution in [1.82, 2.24) is 9.80 Å². The quantitative estimate of drug-likeness (QED) is 0.439. The van der Waals surface area contributed by atoms with Crippen molar-refractivity contribution in [2.24, 2.45) is 0 Å². The molecule has 1 amide bonds. The number of hydrogen-bond acceptors (Lipinski definition) is 6. The number of aryl methyl sites for hydroxylation is 1. The van der Waals surface area contributed by atoms with Gasteiger partial charge in [-0.3, -0.25) is 9.59 Å². The maximum absolute atomic E-state index is 12.9. The Hall–Kier alpha value is -3.06. The van der Waals surface area contributed by atoms with Crippen molar-refractivity contribution in [2.45, 2.75) is 19.4 Å². The van der Waals surface area contributed by atoms with Crippen molar-refractivity contribution in [1.29, 1.82) is 0 Å². The number of Topliss-reactive ketones (excluding diaryl/α,β-unsaturated/α-hetero) is 1. The van der Waals surface area contributed by atoms with E-state index in [0.29, 0.717) is 35.8 Å². The molecule has 7 heteroatoms. The molecule has 0 radical (unpaired) electrons. The van der Waals surface area contributed by atoms with E-state index in [2.05, 4.69) is 0 Å². The number of rotatable bonds is 7. The summed E-state index contributed by atoms with van der Waals surface area (Å²) in [5.41, 5.74) is 0.436. The van der Waals surface area contributed by atoms with Crippen LogP contribution in [0.1, 0.15) is 29.5 Å². The predicted octanol–water partition coefficient (Wildman–Crippen LogP) is 2.97. The lowest BCUT2D eigenvalue weighted by Gasteiger charge is -2.24. The van der Waals surface area contributed by atoms with Crippen LogP contribution in [0.15, 0.2) is 46.4 Å². The molecule has 2 aromatic rings. The normalized spacial score (nSPS) is 18.7. The number of benzene rings is 1. The largest absolute Gasteiger partial charge is 0.507 e. The van der Waals surface area contributed by atoms with Crippen LogP contribution in [0.2, 0.25) is 0 Å². The zero-order valence-electron chi connectivity index (χ0n) is 17.1. The van der Waals surface area contributed by atoms with Gasteiger partial charge in [0.2, 0.25) is 0 Å². The topological polar surface area (TPSA) is 83.2 Å². The molecule has 1 fully saturated rings. The molecule has 1 N–H and O–H groups in total. The average Bonchev–Trinajstić information content (AvgIpc) is 3.23. The van der Waals surface area contributed by atoms with E-state index in [1.54, 1.807) is 43.3 Å². The minimum atomic E-state index is -0.767. The van der Waals surface area contributed by atoms with Crippen molar-refractivity contribution in [3.05, 3.63) is 59.1 Å². The number of likely N-dealkylation sites (tertiary alicyclic amines) is 1. The van der Waals surface area contributed by atoms with Crippen LogP contribution in [0.4, 0.5) is 0 Å². The maximum Gasteiger partial charge on any atom is 0.295 e. The third kappa shape index (κ3) is 4.19. The molecule has 1 saturated heterocycles. The second kappa shape index (κ2) is 8.53. The van der Waals surface area contributed by atoms with Crippen LogP contribution in [0.25, 0.3) is 5.76 Å². The Labute approximate surface area is 170 Å². The van der Waals surface area contributed by atoms with Gasteiger partial charge in [0, 0.05) is 12.1 Å². The molecule has 3 rings (SSSR count). The third-order valence-corrected chi connectivity index (χ3v) is 4.92. The zero-order chi connectivity index (χ0) is 21.1. The molecule has 0 aliphatic carbocycles. The molecular weight excluding hydrogens is 372 g/mol. The summed E-state index contributed by atoms with van der Waals surface area (Å²) in [5.74, 6) is 0.0776. The molecule has 1 atom stereocenters. The number of aliphatic hydroxyl groups excluding tert-OH is 1. The smallest absolute Gasteiger partial charge is 0.295 e. The average molecular weight is 398 g/mol. The molecule has 0 saturated carbocycles. The van der Waals surface area contributed by atoms with Crippen molar-refractivity contribution < 1.29 is 23.8 Å². The van der Waals surface area contributed by atoms with E-state index in [-0.39, 0.29) is 11.3 Å². The highest BCUT2D eigenvalue weighted by atomic mass is 16.5. The number of hydrogen-bond donors (Lipinski definition) is 1. The lowest BCUT2D eigenvalue weighted by atomic mass is 9.99. The summed E-state index contributed by atoms with van der Waals surface area (Å²) in [7, 11) is 5.42. The number of carbonyl (C=O) groups excluding carboxylic acids is 2. The molecule has 1 aliphatic heterocycles. The van der Waals surface area contributed by atoms with E-state index < -0.39 is 17.7 Å². The van der Waals surface area contributed by atoms with Gasteiger partial charge in [-0.2, -0.15) is 0 Å². The first-order valence-corrected chi connectivity index (χ1v) is 9.47. The van der Waals surface area contributed by atoms with Gasteiger partial charge in [0.05, 0.1) is 12.7 Å². The third-order valence-electron chi connectivity index (χ3n) is 4.92. The number of furan rings is 1. The molecule has 154 valence electrons.